The molecule has 1 amide bonds. The molecule has 0 spiro atoms. The molecule has 0 bridgehead atoms. The van der Waals surface area contributed by atoms with E-state index >= 15 is 0 Å². The highest BCUT2D eigenvalue weighted by Crippen LogP contribution is 2.22. The third-order valence-electron chi connectivity index (χ3n) is 3.20. The number of aryl methyl sites for hydroxylation is 2. The van der Waals surface area contributed by atoms with Gasteiger partial charge in [-0.1, -0.05) is 25.1 Å². The molecule has 18 heavy (non-hydrogen) atoms. The Morgan fingerprint density at radius 3 is 2.89 bits per heavy atom. The SMILES string of the molecule is CCCNC(=O)CCc1c(C)[nH]c2ccccc12. The molecule has 3 heteroatoms. The number of hydrogen-bond acceptors (Lipinski definition) is 1. The van der Waals surface area contributed by atoms with E-state index in [1.54, 1.807) is 0 Å². The normalized spacial score (nSPS) is 10.8. The molecule has 1 aromatic carbocycles. The lowest BCUT2D eigenvalue weighted by atomic mass is 10.1. The monoisotopic (exact) mass is 244 g/mol. The van der Waals surface area contributed by atoms with Gasteiger partial charge in [0.05, 0.1) is 0 Å². The Bertz CT molecular complexity index is 542. The van der Waals surface area contributed by atoms with Crippen LogP contribution in [0.15, 0.2) is 24.3 Å². The lowest BCUT2D eigenvalue weighted by Gasteiger charge is -2.04. The quantitative estimate of drug-likeness (QED) is 0.834. The fraction of sp³-hybridized carbons (Fsp3) is 0.400. The summed E-state index contributed by atoms with van der Waals surface area (Å²) in [5.41, 5.74) is 3.58. The van der Waals surface area contributed by atoms with Crippen LogP contribution in [0.25, 0.3) is 10.9 Å². The maximum Gasteiger partial charge on any atom is 0.220 e. The molecule has 0 fully saturated rings. The van der Waals surface area contributed by atoms with Gasteiger partial charge in [-0.05, 0) is 31.4 Å². The van der Waals surface area contributed by atoms with Crippen LogP contribution < -0.4 is 5.32 Å². The predicted molar refractivity (Wildman–Crippen MR) is 74.7 cm³/mol. The lowest BCUT2D eigenvalue weighted by molar-refractivity contribution is -0.121. The molecule has 2 aromatic rings. The summed E-state index contributed by atoms with van der Waals surface area (Å²) in [6, 6.07) is 8.24. The van der Waals surface area contributed by atoms with Crippen molar-refractivity contribution >= 4 is 16.8 Å². The van der Waals surface area contributed by atoms with Gasteiger partial charge in [0.2, 0.25) is 5.91 Å². The Balaban J connectivity index is 2.07. The summed E-state index contributed by atoms with van der Waals surface area (Å²) in [7, 11) is 0. The highest BCUT2D eigenvalue weighted by molar-refractivity contribution is 5.85. The Morgan fingerprint density at radius 1 is 1.33 bits per heavy atom. The summed E-state index contributed by atoms with van der Waals surface area (Å²) in [5.74, 6) is 0.140. The third kappa shape index (κ3) is 2.73. The summed E-state index contributed by atoms with van der Waals surface area (Å²) in [5, 5.41) is 4.15. The Hall–Kier alpha value is -1.77. The zero-order valence-corrected chi connectivity index (χ0v) is 11.0. The molecular formula is C15H20N2O. The molecule has 1 heterocycles. The van der Waals surface area contributed by atoms with E-state index in [0.717, 1.165) is 24.9 Å². The molecule has 2 N–H and O–H groups in total. The van der Waals surface area contributed by atoms with Crippen molar-refractivity contribution in [3.8, 4) is 0 Å². The number of aromatic amines is 1. The van der Waals surface area contributed by atoms with Crippen molar-refractivity contribution in [3.63, 3.8) is 0 Å². The van der Waals surface area contributed by atoms with Crippen molar-refractivity contribution in [2.45, 2.75) is 33.1 Å². The van der Waals surface area contributed by atoms with Crippen LogP contribution in [-0.2, 0) is 11.2 Å². The van der Waals surface area contributed by atoms with Crippen molar-refractivity contribution in [1.29, 1.82) is 0 Å². The number of fused-ring (bicyclic) bond motifs is 1. The number of hydrogen-bond donors (Lipinski definition) is 2. The molecule has 0 unspecified atom stereocenters. The largest absolute Gasteiger partial charge is 0.358 e. The first-order valence-electron chi connectivity index (χ1n) is 6.55. The van der Waals surface area contributed by atoms with Crippen LogP contribution in [0.2, 0.25) is 0 Å². The predicted octanol–water partition coefficient (Wildman–Crippen LogP) is 2.94. The fourth-order valence-electron chi connectivity index (χ4n) is 2.25. The van der Waals surface area contributed by atoms with Crippen molar-refractivity contribution in [2.24, 2.45) is 0 Å². The Morgan fingerprint density at radius 2 is 2.11 bits per heavy atom. The van der Waals surface area contributed by atoms with Crippen molar-refractivity contribution < 1.29 is 4.79 Å². The number of nitrogens with one attached hydrogen (secondary N) is 2. The molecule has 0 saturated heterocycles. The van der Waals surface area contributed by atoms with E-state index in [4.69, 9.17) is 0 Å². The van der Waals surface area contributed by atoms with Crippen LogP contribution in [0, 0.1) is 6.92 Å². The molecular weight excluding hydrogens is 224 g/mol. The molecule has 0 saturated carbocycles. The maximum absolute atomic E-state index is 11.6. The number of aromatic nitrogens is 1. The molecule has 2 rings (SSSR count). The van der Waals surface area contributed by atoms with Gasteiger partial charge in [-0.15, -0.1) is 0 Å². The van der Waals surface area contributed by atoms with Gasteiger partial charge in [0, 0.05) is 29.6 Å². The van der Waals surface area contributed by atoms with E-state index in [0.29, 0.717) is 6.42 Å². The molecule has 0 atom stereocenters. The van der Waals surface area contributed by atoms with E-state index in [1.807, 2.05) is 12.1 Å². The van der Waals surface area contributed by atoms with Crippen LogP contribution in [0.1, 0.15) is 31.0 Å². The van der Waals surface area contributed by atoms with E-state index in [2.05, 4.69) is 36.3 Å². The fourth-order valence-corrected chi connectivity index (χ4v) is 2.25. The molecule has 0 aliphatic heterocycles. The smallest absolute Gasteiger partial charge is 0.220 e. The number of carbonyl (C=O) groups is 1. The molecule has 0 aliphatic carbocycles. The average Bonchev–Trinajstić information content (AvgIpc) is 2.69. The van der Waals surface area contributed by atoms with Crippen LogP contribution in [0.5, 0.6) is 0 Å². The molecule has 3 nitrogen and oxygen atoms in total. The molecule has 0 radical (unpaired) electrons. The number of para-hydroxylation sites is 1. The maximum atomic E-state index is 11.6. The second-order valence-corrected chi connectivity index (χ2v) is 4.62. The first-order valence-corrected chi connectivity index (χ1v) is 6.55. The van der Waals surface area contributed by atoms with E-state index in [1.165, 1.54) is 16.6 Å². The minimum atomic E-state index is 0.140. The van der Waals surface area contributed by atoms with E-state index < -0.39 is 0 Å². The summed E-state index contributed by atoms with van der Waals surface area (Å²) in [4.78, 5) is 15.0. The van der Waals surface area contributed by atoms with Crippen molar-refractivity contribution in [1.82, 2.24) is 10.3 Å². The van der Waals surface area contributed by atoms with Crippen LogP contribution in [-0.4, -0.2) is 17.4 Å². The number of H-pyrrole nitrogens is 1. The molecule has 0 aliphatic rings. The topological polar surface area (TPSA) is 44.9 Å². The Kier molecular flexibility index (Phi) is 4.03. The standard InChI is InChI=1S/C15H20N2O/c1-3-10-16-15(18)9-8-12-11(2)17-14-7-5-4-6-13(12)14/h4-7,17H,3,8-10H2,1-2H3,(H,16,18). The minimum Gasteiger partial charge on any atom is -0.358 e. The summed E-state index contributed by atoms with van der Waals surface area (Å²) >= 11 is 0. The van der Waals surface area contributed by atoms with Crippen LogP contribution >= 0.6 is 0 Å². The van der Waals surface area contributed by atoms with Gasteiger partial charge in [-0.3, -0.25) is 4.79 Å². The van der Waals surface area contributed by atoms with Gasteiger partial charge in [0.25, 0.3) is 0 Å². The van der Waals surface area contributed by atoms with Crippen molar-refractivity contribution in [2.75, 3.05) is 6.54 Å². The highest BCUT2D eigenvalue weighted by Gasteiger charge is 2.09. The van der Waals surface area contributed by atoms with Gasteiger partial charge in [0.1, 0.15) is 0 Å². The molecule has 96 valence electrons. The summed E-state index contributed by atoms with van der Waals surface area (Å²) in [6.07, 6.45) is 2.34. The summed E-state index contributed by atoms with van der Waals surface area (Å²) in [6.45, 7) is 4.90. The average molecular weight is 244 g/mol. The second kappa shape index (κ2) is 5.71. The summed E-state index contributed by atoms with van der Waals surface area (Å²) < 4.78 is 0. The highest BCUT2D eigenvalue weighted by atomic mass is 16.1. The second-order valence-electron chi connectivity index (χ2n) is 4.62. The number of benzene rings is 1. The van der Waals surface area contributed by atoms with Gasteiger partial charge < -0.3 is 10.3 Å². The number of rotatable bonds is 5. The van der Waals surface area contributed by atoms with Gasteiger partial charge in [0.15, 0.2) is 0 Å². The van der Waals surface area contributed by atoms with Gasteiger partial charge in [-0.2, -0.15) is 0 Å². The zero-order chi connectivity index (χ0) is 13.0. The first-order chi connectivity index (χ1) is 8.72. The van der Waals surface area contributed by atoms with Crippen LogP contribution in [0.3, 0.4) is 0 Å². The van der Waals surface area contributed by atoms with Gasteiger partial charge in [-0.25, -0.2) is 0 Å². The third-order valence-corrected chi connectivity index (χ3v) is 3.20. The number of carbonyl (C=O) groups excluding carboxylic acids is 1. The van der Waals surface area contributed by atoms with E-state index in [-0.39, 0.29) is 5.91 Å². The lowest BCUT2D eigenvalue weighted by Crippen LogP contribution is -2.24. The van der Waals surface area contributed by atoms with Gasteiger partial charge >= 0.3 is 0 Å². The van der Waals surface area contributed by atoms with Crippen LogP contribution in [0.4, 0.5) is 0 Å². The first kappa shape index (κ1) is 12.7. The molecule has 1 aromatic heterocycles. The van der Waals surface area contributed by atoms with Crippen molar-refractivity contribution in [3.05, 3.63) is 35.5 Å². The minimum absolute atomic E-state index is 0.140. The zero-order valence-electron chi connectivity index (χ0n) is 11.0. The Labute approximate surface area is 108 Å². The number of amides is 1. The van der Waals surface area contributed by atoms with E-state index in [9.17, 15) is 4.79 Å².